The Labute approximate surface area is 262 Å². The lowest BCUT2D eigenvalue weighted by Crippen LogP contribution is -2.13. The van der Waals surface area contributed by atoms with E-state index in [0.29, 0.717) is 41.0 Å². The molecular weight excluding hydrogens is 579 g/mol. The molecule has 0 N–H and O–H groups in total. The molecule has 0 saturated heterocycles. The first-order valence-corrected chi connectivity index (χ1v) is 14.2. The first-order chi connectivity index (χ1) is 21.4. The summed E-state index contributed by atoms with van der Waals surface area (Å²) in [7, 11) is 0. The van der Waals surface area contributed by atoms with Crippen LogP contribution in [0.3, 0.4) is 0 Å². The number of hydrogen-bond donors (Lipinski definition) is 0. The third kappa shape index (κ3) is 9.07. The molecule has 0 heterocycles. The van der Waals surface area contributed by atoms with Gasteiger partial charge in [-0.05, 0) is 81.6 Å². The summed E-state index contributed by atoms with van der Waals surface area (Å²) in [6.45, 7) is 20.1. The van der Waals surface area contributed by atoms with Gasteiger partial charge in [-0.1, -0.05) is 37.9 Å². The molecule has 0 radical (unpaired) electrons. The van der Waals surface area contributed by atoms with Crippen molar-refractivity contribution in [3.63, 3.8) is 0 Å². The molecule has 9 heteroatoms. The summed E-state index contributed by atoms with van der Waals surface area (Å²) in [5.41, 5.74) is 3.39. The van der Waals surface area contributed by atoms with Crippen molar-refractivity contribution in [2.24, 2.45) is 0 Å². The predicted octanol–water partition coefficient (Wildman–Crippen LogP) is 7.68. The van der Waals surface area contributed by atoms with Crippen LogP contribution >= 0.6 is 0 Å². The average Bonchev–Trinajstić information content (AvgIpc) is 3.00. The Kier molecular flexibility index (Phi) is 12.1. The second kappa shape index (κ2) is 15.7. The van der Waals surface area contributed by atoms with Crippen LogP contribution in [-0.4, -0.2) is 31.1 Å². The zero-order valence-corrected chi connectivity index (χ0v) is 26.2. The Balaban J connectivity index is 2.09. The SMILES string of the molecule is C=C(C)C(=O)Oc1ccc(-c2ccc(-c3cc(COCC)c(OC(=O)C(=C)C)c(COCC)c3)c(F)c2)cc1OC(=O)C(=C)C. The molecule has 0 fully saturated rings. The summed E-state index contributed by atoms with van der Waals surface area (Å²) < 4.78 is 43.5. The number of esters is 3. The molecule has 0 aromatic heterocycles. The lowest BCUT2D eigenvalue weighted by Gasteiger charge is -2.18. The zero-order valence-electron chi connectivity index (χ0n) is 26.2. The monoisotopic (exact) mass is 616 g/mol. The molecule has 3 rings (SSSR count). The second-order valence-corrected chi connectivity index (χ2v) is 10.3. The van der Waals surface area contributed by atoms with Crippen LogP contribution in [0.25, 0.3) is 22.3 Å². The van der Waals surface area contributed by atoms with Crippen LogP contribution in [0, 0.1) is 5.82 Å². The van der Waals surface area contributed by atoms with E-state index in [1.54, 1.807) is 37.3 Å². The minimum absolute atomic E-state index is 0.00506. The van der Waals surface area contributed by atoms with Gasteiger partial charge < -0.3 is 23.7 Å². The average molecular weight is 617 g/mol. The fraction of sp³-hybridized carbons (Fsp3) is 0.250. The van der Waals surface area contributed by atoms with Gasteiger partial charge in [0.05, 0.1) is 13.2 Å². The summed E-state index contributed by atoms with van der Waals surface area (Å²) in [4.78, 5) is 36.9. The highest BCUT2D eigenvalue weighted by atomic mass is 19.1. The number of benzene rings is 3. The van der Waals surface area contributed by atoms with Crippen LogP contribution in [0.4, 0.5) is 4.39 Å². The Morgan fingerprint density at radius 2 is 1.09 bits per heavy atom. The predicted molar refractivity (Wildman–Crippen MR) is 169 cm³/mol. The van der Waals surface area contributed by atoms with E-state index in [-0.39, 0.29) is 52.7 Å². The summed E-state index contributed by atoms with van der Waals surface area (Å²) in [5, 5.41) is 0. The van der Waals surface area contributed by atoms with Crippen molar-refractivity contribution >= 4 is 17.9 Å². The molecule has 0 amide bonds. The molecule has 0 bridgehead atoms. The molecule has 0 spiro atoms. The smallest absolute Gasteiger partial charge is 0.338 e. The molecule has 0 atom stereocenters. The number of halogens is 1. The number of ether oxygens (including phenoxy) is 5. The summed E-state index contributed by atoms with van der Waals surface area (Å²) >= 11 is 0. The number of hydrogen-bond acceptors (Lipinski definition) is 8. The Hall–Kier alpha value is -4.86. The van der Waals surface area contributed by atoms with E-state index in [1.807, 2.05) is 13.8 Å². The Bertz CT molecular complexity index is 1620. The molecule has 236 valence electrons. The third-order valence-corrected chi connectivity index (χ3v) is 6.37. The van der Waals surface area contributed by atoms with E-state index in [1.165, 1.54) is 32.0 Å². The van der Waals surface area contributed by atoms with Gasteiger partial charge in [0.2, 0.25) is 0 Å². The van der Waals surface area contributed by atoms with Gasteiger partial charge in [0, 0.05) is 46.6 Å². The Morgan fingerprint density at radius 3 is 1.58 bits per heavy atom. The normalized spacial score (nSPS) is 10.6. The molecule has 0 aliphatic rings. The highest BCUT2D eigenvalue weighted by molar-refractivity contribution is 5.92. The molecule has 0 aliphatic carbocycles. The van der Waals surface area contributed by atoms with Crippen LogP contribution in [0.2, 0.25) is 0 Å². The van der Waals surface area contributed by atoms with E-state index in [2.05, 4.69) is 19.7 Å². The maximum absolute atomic E-state index is 15.8. The maximum Gasteiger partial charge on any atom is 0.338 e. The molecule has 0 aliphatic heterocycles. The van der Waals surface area contributed by atoms with Crippen molar-refractivity contribution in [2.75, 3.05) is 13.2 Å². The fourth-order valence-corrected chi connectivity index (χ4v) is 4.01. The fourth-order valence-electron chi connectivity index (χ4n) is 4.01. The van der Waals surface area contributed by atoms with E-state index >= 15 is 4.39 Å². The van der Waals surface area contributed by atoms with Gasteiger partial charge in [0.15, 0.2) is 11.5 Å². The topological polar surface area (TPSA) is 97.4 Å². The first kappa shape index (κ1) is 34.6. The van der Waals surface area contributed by atoms with E-state index in [9.17, 15) is 14.4 Å². The van der Waals surface area contributed by atoms with Crippen molar-refractivity contribution in [3.8, 4) is 39.5 Å². The van der Waals surface area contributed by atoms with Crippen LogP contribution in [0.1, 0.15) is 45.7 Å². The lowest BCUT2D eigenvalue weighted by atomic mass is 9.96. The van der Waals surface area contributed by atoms with E-state index in [0.717, 1.165) is 0 Å². The maximum atomic E-state index is 15.8. The minimum Gasteiger partial charge on any atom is -0.422 e. The Morgan fingerprint density at radius 1 is 0.622 bits per heavy atom. The third-order valence-electron chi connectivity index (χ3n) is 6.37. The summed E-state index contributed by atoms with van der Waals surface area (Å²) in [6, 6.07) is 12.6. The summed E-state index contributed by atoms with van der Waals surface area (Å²) in [6.07, 6.45) is 0. The highest BCUT2D eigenvalue weighted by Crippen LogP contribution is 2.37. The van der Waals surface area contributed by atoms with Gasteiger partial charge in [-0.3, -0.25) is 0 Å². The standard InChI is InChI=1S/C36H37FO8/c1-9-41-19-27-15-26(16-28(20-42-10-2)33(27)45-36(40)23(7)8)29-13-11-24(17-30(29)37)25-12-14-31(43-34(38)21(3)4)32(18-25)44-35(39)22(5)6/h11-18H,3,5,7,9-10,19-20H2,1-2,4,6,8H3. The van der Waals surface area contributed by atoms with E-state index < -0.39 is 23.7 Å². The molecule has 0 saturated carbocycles. The molecule has 45 heavy (non-hydrogen) atoms. The lowest BCUT2D eigenvalue weighted by molar-refractivity contribution is -0.132. The van der Waals surface area contributed by atoms with Gasteiger partial charge in [-0.25, -0.2) is 18.8 Å². The molecule has 0 unspecified atom stereocenters. The quantitative estimate of drug-likeness (QED) is 0.103. The van der Waals surface area contributed by atoms with Crippen LogP contribution < -0.4 is 14.2 Å². The van der Waals surface area contributed by atoms with Crippen LogP contribution in [0.5, 0.6) is 17.2 Å². The van der Waals surface area contributed by atoms with Crippen molar-refractivity contribution in [1.82, 2.24) is 0 Å². The summed E-state index contributed by atoms with van der Waals surface area (Å²) in [5.74, 6) is -2.31. The van der Waals surface area contributed by atoms with Crippen LogP contribution in [-0.2, 0) is 37.1 Å². The van der Waals surface area contributed by atoms with Gasteiger partial charge in [0.1, 0.15) is 11.6 Å². The van der Waals surface area contributed by atoms with Crippen molar-refractivity contribution < 1.29 is 42.5 Å². The highest BCUT2D eigenvalue weighted by Gasteiger charge is 2.20. The first-order valence-electron chi connectivity index (χ1n) is 14.2. The van der Waals surface area contributed by atoms with E-state index in [4.69, 9.17) is 23.7 Å². The molecule has 8 nitrogen and oxygen atoms in total. The van der Waals surface area contributed by atoms with Gasteiger partial charge in [0.25, 0.3) is 0 Å². The number of carbonyl (C=O) groups excluding carboxylic acids is 3. The van der Waals surface area contributed by atoms with Gasteiger partial charge in [-0.15, -0.1) is 0 Å². The zero-order chi connectivity index (χ0) is 33.3. The van der Waals surface area contributed by atoms with Crippen molar-refractivity contribution in [1.29, 1.82) is 0 Å². The number of rotatable bonds is 14. The molecular formula is C36H37FO8. The molecule has 3 aromatic carbocycles. The minimum atomic E-state index is -0.718. The molecule has 3 aromatic rings. The second-order valence-electron chi connectivity index (χ2n) is 10.3. The van der Waals surface area contributed by atoms with Crippen molar-refractivity contribution in [2.45, 2.75) is 47.8 Å². The van der Waals surface area contributed by atoms with Gasteiger partial charge >= 0.3 is 17.9 Å². The van der Waals surface area contributed by atoms with Crippen LogP contribution in [0.15, 0.2) is 85.0 Å². The van der Waals surface area contributed by atoms with Crippen molar-refractivity contribution in [3.05, 3.63) is 102 Å². The number of carbonyl (C=O) groups is 3. The largest absolute Gasteiger partial charge is 0.422 e. The van der Waals surface area contributed by atoms with Gasteiger partial charge in [-0.2, -0.15) is 0 Å².